The molecule has 0 unspecified atom stereocenters. The van der Waals surface area contributed by atoms with Gasteiger partial charge in [0.2, 0.25) is 0 Å². The molecule has 0 bridgehead atoms. The predicted molar refractivity (Wildman–Crippen MR) is 102 cm³/mol. The number of ether oxygens (including phenoxy) is 2. The molecule has 0 spiro atoms. The lowest BCUT2D eigenvalue weighted by atomic mass is 10.1. The van der Waals surface area contributed by atoms with Crippen molar-refractivity contribution in [2.45, 2.75) is 13.5 Å². The van der Waals surface area contributed by atoms with Crippen LogP contribution in [0.2, 0.25) is 0 Å². The van der Waals surface area contributed by atoms with Gasteiger partial charge in [-0.05, 0) is 48.0 Å². The standard InChI is InChI=1S/C20H19NO4S/c1-13-5-4-6-15(9-13)12-25-16-8-7-14(10-17(16)24-3)11-18-19(22)21(2)20(23)26-18/h4-11H,12H2,1-3H3/b18-11-. The summed E-state index contributed by atoms with van der Waals surface area (Å²) >= 11 is 0.930. The Morgan fingerprint density at radius 1 is 1.12 bits per heavy atom. The molecule has 6 heteroatoms. The summed E-state index contributed by atoms with van der Waals surface area (Å²) in [4.78, 5) is 25.1. The van der Waals surface area contributed by atoms with E-state index in [2.05, 4.69) is 6.07 Å². The Kier molecular flexibility index (Phi) is 5.32. The summed E-state index contributed by atoms with van der Waals surface area (Å²) in [5, 5.41) is -0.272. The molecule has 134 valence electrons. The number of benzene rings is 2. The molecule has 1 saturated heterocycles. The van der Waals surface area contributed by atoms with Crippen LogP contribution in [0.25, 0.3) is 6.08 Å². The van der Waals surface area contributed by atoms with Crippen molar-refractivity contribution in [1.29, 1.82) is 0 Å². The Bertz CT molecular complexity index is 891. The molecule has 1 aliphatic heterocycles. The second-order valence-corrected chi connectivity index (χ2v) is 6.92. The summed E-state index contributed by atoms with van der Waals surface area (Å²) in [7, 11) is 3.04. The van der Waals surface area contributed by atoms with Crippen LogP contribution in [0.15, 0.2) is 47.4 Å². The maximum Gasteiger partial charge on any atom is 0.293 e. The Balaban J connectivity index is 1.78. The van der Waals surface area contributed by atoms with Crippen LogP contribution in [0.3, 0.4) is 0 Å². The van der Waals surface area contributed by atoms with E-state index in [4.69, 9.17) is 9.47 Å². The molecule has 2 amide bonds. The Morgan fingerprint density at radius 3 is 2.58 bits per heavy atom. The summed E-state index contributed by atoms with van der Waals surface area (Å²) in [5.41, 5.74) is 3.02. The molecule has 1 fully saturated rings. The quantitative estimate of drug-likeness (QED) is 0.738. The molecule has 26 heavy (non-hydrogen) atoms. The van der Waals surface area contributed by atoms with Gasteiger partial charge in [-0.1, -0.05) is 35.9 Å². The number of aryl methyl sites for hydroxylation is 1. The zero-order valence-corrected chi connectivity index (χ0v) is 15.6. The van der Waals surface area contributed by atoms with E-state index in [-0.39, 0.29) is 11.1 Å². The van der Waals surface area contributed by atoms with E-state index in [1.54, 1.807) is 25.3 Å². The lowest BCUT2D eigenvalue weighted by Gasteiger charge is -2.12. The van der Waals surface area contributed by atoms with Gasteiger partial charge < -0.3 is 9.47 Å². The lowest BCUT2D eigenvalue weighted by molar-refractivity contribution is -0.121. The largest absolute Gasteiger partial charge is 0.493 e. The van der Waals surface area contributed by atoms with Gasteiger partial charge in [-0.25, -0.2) is 0 Å². The third-order valence-electron chi connectivity index (χ3n) is 3.95. The van der Waals surface area contributed by atoms with Crippen molar-refractivity contribution in [2.24, 2.45) is 0 Å². The average molecular weight is 369 g/mol. The predicted octanol–water partition coefficient (Wildman–Crippen LogP) is 4.25. The van der Waals surface area contributed by atoms with Crippen LogP contribution in [0.5, 0.6) is 11.5 Å². The lowest BCUT2D eigenvalue weighted by Crippen LogP contribution is -2.22. The van der Waals surface area contributed by atoms with Crippen molar-refractivity contribution in [1.82, 2.24) is 4.90 Å². The first-order valence-electron chi connectivity index (χ1n) is 8.06. The molecule has 1 heterocycles. The Morgan fingerprint density at radius 2 is 1.92 bits per heavy atom. The molecule has 2 aromatic carbocycles. The van der Waals surface area contributed by atoms with Gasteiger partial charge in [-0.2, -0.15) is 0 Å². The molecule has 0 N–H and O–H groups in total. The molecule has 5 nitrogen and oxygen atoms in total. The maximum absolute atomic E-state index is 12.0. The van der Waals surface area contributed by atoms with E-state index in [1.807, 2.05) is 31.2 Å². The van der Waals surface area contributed by atoms with Gasteiger partial charge in [0.15, 0.2) is 11.5 Å². The highest BCUT2D eigenvalue weighted by molar-refractivity contribution is 8.18. The van der Waals surface area contributed by atoms with Crippen LogP contribution in [0, 0.1) is 6.92 Å². The number of likely N-dealkylation sites (N-methyl/N-ethyl adjacent to an activating group) is 1. The van der Waals surface area contributed by atoms with Crippen LogP contribution >= 0.6 is 11.8 Å². The van der Waals surface area contributed by atoms with Crippen molar-refractivity contribution in [3.63, 3.8) is 0 Å². The topological polar surface area (TPSA) is 55.8 Å². The summed E-state index contributed by atoms with van der Waals surface area (Å²) < 4.78 is 11.3. The highest BCUT2D eigenvalue weighted by atomic mass is 32.2. The minimum atomic E-state index is -0.293. The molecule has 2 aromatic rings. The van der Waals surface area contributed by atoms with E-state index in [1.165, 1.54) is 12.6 Å². The number of rotatable bonds is 5. The fourth-order valence-electron chi connectivity index (χ4n) is 2.55. The summed E-state index contributed by atoms with van der Waals surface area (Å²) in [6.45, 7) is 2.48. The monoisotopic (exact) mass is 369 g/mol. The number of methoxy groups -OCH3 is 1. The van der Waals surface area contributed by atoms with Crippen LogP contribution < -0.4 is 9.47 Å². The Hall–Kier alpha value is -2.73. The number of hydrogen-bond donors (Lipinski definition) is 0. The number of carbonyl (C=O) groups excluding carboxylic acids is 2. The summed E-state index contributed by atoms with van der Waals surface area (Å²) in [5.74, 6) is 0.899. The van der Waals surface area contributed by atoms with Crippen LogP contribution in [0.1, 0.15) is 16.7 Å². The molecule has 0 atom stereocenters. The highest BCUT2D eigenvalue weighted by Crippen LogP contribution is 2.34. The SMILES string of the molecule is COc1cc(/C=C2\SC(=O)N(C)C2=O)ccc1OCc1cccc(C)c1. The van der Waals surface area contributed by atoms with Crippen molar-refractivity contribution in [3.05, 3.63) is 64.1 Å². The van der Waals surface area contributed by atoms with Gasteiger partial charge in [0.25, 0.3) is 11.1 Å². The smallest absolute Gasteiger partial charge is 0.293 e. The van der Waals surface area contributed by atoms with Gasteiger partial charge in [-0.15, -0.1) is 0 Å². The van der Waals surface area contributed by atoms with Crippen molar-refractivity contribution in [3.8, 4) is 11.5 Å². The third-order valence-corrected chi connectivity index (χ3v) is 4.91. The second kappa shape index (κ2) is 7.66. The molecule has 3 rings (SSSR count). The highest BCUT2D eigenvalue weighted by Gasteiger charge is 2.31. The Labute approximate surface area is 156 Å². The number of carbonyl (C=O) groups is 2. The van der Waals surface area contributed by atoms with Crippen LogP contribution in [-0.2, 0) is 11.4 Å². The van der Waals surface area contributed by atoms with Crippen molar-refractivity contribution < 1.29 is 19.1 Å². The molecular weight excluding hydrogens is 350 g/mol. The second-order valence-electron chi connectivity index (χ2n) is 5.93. The van der Waals surface area contributed by atoms with Crippen LogP contribution in [-0.4, -0.2) is 30.2 Å². The van der Waals surface area contributed by atoms with E-state index in [0.717, 1.165) is 27.8 Å². The van der Waals surface area contributed by atoms with Crippen molar-refractivity contribution >= 4 is 29.0 Å². The molecule has 0 radical (unpaired) electrons. The molecule has 1 aliphatic rings. The first kappa shape index (κ1) is 18.1. The fourth-order valence-corrected chi connectivity index (χ4v) is 3.38. The van der Waals surface area contributed by atoms with Gasteiger partial charge in [0, 0.05) is 7.05 Å². The number of hydrogen-bond acceptors (Lipinski definition) is 5. The van der Waals surface area contributed by atoms with Gasteiger partial charge >= 0.3 is 0 Å². The zero-order valence-electron chi connectivity index (χ0n) is 14.8. The fraction of sp³-hybridized carbons (Fsp3) is 0.200. The maximum atomic E-state index is 12.0. The van der Waals surface area contributed by atoms with Gasteiger partial charge in [0.1, 0.15) is 6.61 Å². The third kappa shape index (κ3) is 3.91. The molecule has 0 aliphatic carbocycles. The normalized spacial score (nSPS) is 15.7. The summed E-state index contributed by atoms with van der Waals surface area (Å²) in [6, 6.07) is 13.5. The summed E-state index contributed by atoms with van der Waals surface area (Å²) in [6.07, 6.45) is 1.68. The van der Waals surface area contributed by atoms with Gasteiger partial charge in [-0.3, -0.25) is 14.5 Å². The number of thioether (sulfide) groups is 1. The van der Waals surface area contributed by atoms with Gasteiger partial charge in [0.05, 0.1) is 12.0 Å². The minimum Gasteiger partial charge on any atom is -0.493 e. The number of imide groups is 1. The first-order valence-corrected chi connectivity index (χ1v) is 8.87. The minimum absolute atomic E-state index is 0.272. The average Bonchev–Trinajstić information content (AvgIpc) is 2.87. The van der Waals surface area contributed by atoms with E-state index < -0.39 is 0 Å². The van der Waals surface area contributed by atoms with E-state index in [0.29, 0.717) is 23.0 Å². The first-order chi connectivity index (χ1) is 12.5. The number of amides is 2. The van der Waals surface area contributed by atoms with Crippen molar-refractivity contribution in [2.75, 3.05) is 14.2 Å². The van der Waals surface area contributed by atoms with Crippen LogP contribution in [0.4, 0.5) is 4.79 Å². The molecule has 0 saturated carbocycles. The number of nitrogens with zero attached hydrogens (tertiary/aromatic N) is 1. The molecule has 0 aromatic heterocycles. The zero-order chi connectivity index (χ0) is 18.7. The van der Waals surface area contributed by atoms with E-state index in [9.17, 15) is 9.59 Å². The van der Waals surface area contributed by atoms with E-state index >= 15 is 0 Å². The molecular formula is C20H19NO4S.